The van der Waals surface area contributed by atoms with Gasteiger partial charge in [-0.05, 0) is 43.4 Å². The Morgan fingerprint density at radius 3 is 0.835 bits per heavy atom. The quantitative estimate of drug-likeness (QED) is 0.0222. The summed E-state index contributed by atoms with van der Waals surface area (Å²) >= 11 is 0. The van der Waals surface area contributed by atoms with E-state index in [-0.39, 0.29) is 25.7 Å². The van der Waals surface area contributed by atoms with Crippen molar-refractivity contribution in [1.82, 2.24) is 0 Å². The highest BCUT2D eigenvalue weighted by Crippen LogP contribution is 2.45. The third kappa shape index (κ3) is 65.1. The third-order valence-corrected chi connectivity index (χ3v) is 18.9. The van der Waals surface area contributed by atoms with Gasteiger partial charge in [-0.3, -0.25) is 37.3 Å². The van der Waals surface area contributed by atoms with E-state index < -0.39 is 97.5 Å². The van der Waals surface area contributed by atoms with Gasteiger partial charge in [-0.1, -0.05) is 312 Å². The molecule has 0 heterocycles. The van der Waals surface area contributed by atoms with E-state index in [2.05, 4.69) is 48.5 Å². The first-order chi connectivity index (χ1) is 43.8. The molecule has 0 rings (SSSR count). The molecule has 0 saturated heterocycles. The first kappa shape index (κ1) is 89.1. The van der Waals surface area contributed by atoms with Crippen molar-refractivity contribution in [3.8, 4) is 0 Å². The molecule has 0 fully saturated rings. The molecule has 0 aliphatic carbocycles. The summed E-state index contributed by atoms with van der Waals surface area (Å²) in [5.74, 6) is 0.178. The van der Waals surface area contributed by atoms with Crippen LogP contribution in [0.15, 0.2) is 0 Å². The first-order valence-electron chi connectivity index (χ1n) is 37.4. The van der Waals surface area contributed by atoms with Gasteiger partial charge in [0.05, 0.1) is 26.4 Å². The SMILES string of the molecule is CCCCCCCCCCCCCC(=O)O[C@H](COC(=O)CCCCCCCCCC(C)C)COP(=O)(O)OC[C@H](O)COP(=O)(O)OC[C@@H](COC(=O)CCCCCCCCCCCCC(C)CC)OC(=O)CCCCCCCCCCCCCCCC(C)C. The Bertz CT molecular complexity index is 1790. The van der Waals surface area contributed by atoms with E-state index in [1.165, 1.54) is 167 Å². The van der Waals surface area contributed by atoms with E-state index in [4.69, 9.17) is 37.0 Å². The van der Waals surface area contributed by atoms with Crippen LogP contribution in [-0.4, -0.2) is 96.7 Å². The van der Waals surface area contributed by atoms with Gasteiger partial charge in [0.1, 0.15) is 19.3 Å². The van der Waals surface area contributed by atoms with Gasteiger partial charge in [0.25, 0.3) is 0 Å². The van der Waals surface area contributed by atoms with Gasteiger partial charge in [-0.25, -0.2) is 9.13 Å². The number of unbranched alkanes of at least 4 members (excludes halogenated alkanes) is 37. The molecular formula is C72H140O17P2. The predicted octanol–water partition coefficient (Wildman–Crippen LogP) is 20.6. The summed E-state index contributed by atoms with van der Waals surface area (Å²) in [5.41, 5.74) is 0. The number of phosphoric ester groups is 2. The van der Waals surface area contributed by atoms with Crippen molar-refractivity contribution in [3.05, 3.63) is 0 Å². The zero-order valence-corrected chi connectivity index (χ0v) is 61.1. The van der Waals surface area contributed by atoms with Gasteiger partial charge in [0.2, 0.25) is 0 Å². The average Bonchev–Trinajstić information content (AvgIpc) is 3.26. The topological polar surface area (TPSA) is 237 Å². The molecule has 19 heteroatoms. The second-order valence-electron chi connectivity index (χ2n) is 27.2. The highest BCUT2D eigenvalue weighted by atomic mass is 31.2. The lowest BCUT2D eigenvalue weighted by Gasteiger charge is -2.21. The van der Waals surface area contributed by atoms with Crippen molar-refractivity contribution < 1.29 is 80.2 Å². The van der Waals surface area contributed by atoms with Gasteiger partial charge in [0.15, 0.2) is 12.2 Å². The summed E-state index contributed by atoms with van der Waals surface area (Å²) in [5, 5.41) is 10.6. The number of hydrogen-bond acceptors (Lipinski definition) is 15. The minimum Gasteiger partial charge on any atom is -0.462 e. The molecule has 0 radical (unpaired) electrons. The fourth-order valence-corrected chi connectivity index (χ4v) is 12.4. The minimum atomic E-state index is -4.95. The molecule has 0 aromatic carbocycles. The van der Waals surface area contributed by atoms with Crippen LogP contribution < -0.4 is 0 Å². The van der Waals surface area contributed by atoms with E-state index >= 15 is 0 Å². The molecule has 0 aliphatic rings. The maximum absolute atomic E-state index is 13.0. The number of ether oxygens (including phenoxy) is 4. The lowest BCUT2D eigenvalue weighted by atomic mass is 9.99. The molecule has 17 nitrogen and oxygen atoms in total. The van der Waals surface area contributed by atoms with Crippen LogP contribution in [0.5, 0.6) is 0 Å². The van der Waals surface area contributed by atoms with E-state index in [9.17, 15) is 43.2 Å². The molecule has 0 aromatic heterocycles. The zero-order chi connectivity index (χ0) is 67.3. The monoisotopic (exact) mass is 1340 g/mol. The zero-order valence-electron chi connectivity index (χ0n) is 59.3. The summed E-state index contributed by atoms with van der Waals surface area (Å²) in [6.45, 7) is 11.9. The van der Waals surface area contributed by atoms with Gasteiger partial charge < -0.3 is 33.8 Å². The van der Waals surface area contributed by atoms with Crippen LogP contribution in [0.1, 0.15) is 363 Å². The van der Waals surface area contributed by atoms with Gasteiger partial charge in [0, 0.05) is 25.7 Å². The number of carbonyl (C=O) groups is 4. The highest BCUT2D eigenvalue weighted by molar-refractivity contribution is 7.47. The number of rotatable bonds is 70. The van der Waals surface area contributed by atoms with Crippen molar-refractivity contribution in [1.29, 1.82) is 0 Å². The second kappa shape index (κ2) is 62.8. The first-order valence-corrected chi connectivity index (χ1v) is 40.4. The predicted molar refractivity (Wildman–Crippen MR) is 368 cm³/mol. The summed E-state index contributed by atoms with van der Waals surface area (Å²) in [6, 6.07) is 0. The molecule has 3 N–H and O–H groups in total. The largest absolute Gasteiger partial charge is 0.472 e. The van der Waals surface area contributed by atoms with Crippen molar-refractivity contribution in [2.75, 3.05) is 39.6 Å². The van der Waals surface area contributed by atoms with E-state index in [0.717, 1.165) is 108 Å². The lowest BCUT2D eigenvalue weighted by molar-refractivity contribution is -0.161. The molecule has 0 aromatic rings. The standard InChI is InChI=1S/C72H140O17P2/c1-8-10-11-12-13-14-18-26-33-41-48-55-71(76)89-68(60-83-70(75)54-47-40-35-28-30-37-44-51-64(5)6)62-87-91(80,81)85-58-66(73)57-84-90(78,79)86-61-67(59-82-69(74)53-46-39-32-25-22-21-24-31-38-45-52-65(7)9-2)88-72(77)56-49-42-34-27-20-17-15-16-19-23-29-36-43-50-63(3)4/h63-68,73H,8-62H2,1-7H3,(H,78,79)(H,80,81)/t65?,66-,67-,68-/m1/s1. The van der Waals surface area contributed by atoms with Crippen LogP contribution in [0.3, 0.4) is 0 Å². The Kier molecular flexibility index (Phi) is 61.5. The normalized spacial score (nSPS) is 14.5. The Morgan fingerprint density at radius 2 is 0.560 bits per heavy atom. The van der Waals surface area contributed by atoms with E-state index in [0.29, 0.717) is 31.6 Å². The summed E-state index contributed by atoms with van der Waals surface area (Å²) < 4.78 is 68.4. The van der Waals surface area contributed by atoms with E-state index in [1.807, 2.05) is 0 Å². The Hall–Kier alpha value is -1.94. The lowest BCUT2D eigenvalue weighted by Crippen LogP contribution is -2.30. The van der Waals surface area contributed by atoms with Crippen molar-refractivity contribution >= 4 is 39.5 Å². The number of phosphoric acid groups is 2. The van der Waals surface area contributed by atoms with Crippen LogP contribution in [0.2, 0.25) is 0 Å². The summed E-state index contributed by atoms with van der Waals surface area (Å²) in [6.07, 6.45) is 47.1. The minimum absolute atomic E-state index is 0.106. The molecule has 0 bridgehead atoms. The van der Waals surface area contributed by atoms with E-state index in [1.54, 1.807) is 0 Å². The molecule has 6 atom stereocenters. The highest BCUT2D eigenvalue weighted by Gasteiger charge is 2.30. The van der Waals surface area contributed by atoms with Gasteiger partial charge >= 0.3 is 39.5 Å². The average molecular weight is 1340 g/mol. The van der Waals surface area contributed by atoms with Crippen LogP contribution >= 0.6 is 15.6 Å². The Morgan fingerprint density at radius 1 is 0.319 bits per heavy atom. The molecule has 0 saturated carbocycles. The molecular weight excluding hydrogens is 1200 g/mol. The van der Waals surface area contributed by atoms with Crippen molar-refractivity contribution in [3.63, 3.8) is 0 Å². The van der Waals surface area contributed by atoms with Crippen LogP contribution in [0.25, 0.3) is 0 Å². The number of hydrogen-bond donors (Lipinski definition) is 3. The number of aliphatic hydroxyl groups is 1. The number of carbonyl (C=O) groups excluding carboxylic acids is 4. The molecule has 3 unspecified atom stereocenters. The Balaban J connectivity index is 5.25. The second-order valence-corrected chi connectivity index (χ2v) is 30.1. The van der Waals surface area contributed by atoms with Gasteiger partial charge in [-0.15, -0.1) is 0 Å². The van der Waals surface area contributed by atoms with Gasteiger partial charge in [-0.2, -0.15) is 0 Å². The maximum Gasteiger partial charge on any atom is 0.472 e. The summed E-state index contributed by atoms with van der Waals surface area (Å²) in [4.78, 5) is 72.6. The number of esters is 4. The van der Waals surface area contributed by atoms with Crippen molar-refractivity contribution in [2.45, 2.75) is 381 Å². The van der Waals surface area contributed by atoms with Crippen LogP contribution in [-0.2, 0) is 65.4 Å². The molecule has 540 valence electrons. The Labute approximate surface area is 556 Å². The fourth-order valence-electron chi connectivity index (χ4n) is 10.9. The fraction of sp³-hybridized carbons (Fsp3) is 0.944. The van der Waals surface area contributed by atoms with Crippen molar-refractivity contribution in [2.24, 2.45) is 17.8 Å². The molecule has 91 heavy (non-hydrogen) atoms. The molecule has 0 aliphatic heterocycles. The summed E-state index contributed by atoms with van der Waals surface area (Å²) in [7, 11) is -9.90. The number of aliphatic hydroxyl groups excluding tert-OH is 1. The molecule has 0 spiro atoms. The smallest absolute Gasteiger partial charge is 0.462 e. The molecule has 0 amide bonds. The van der Waals surface area contributed by atoms with Crippen LogP contribution in [0, 0.1) is 17.8 Å². The third-order valence-electron chi connectivity index (χ3n) is 17.0. The van der Waals surface area contributed by atoms with Crippen LogP contribution in [0.4, 0.5) is 0 Å². The maximum atomic E-state index is 13.0.